The number of hydrogen-bond donors (Lipinski definition) is 1. The van der Waals surface area contributed by atoms with Crippen molar-refractivity contribution in [3.05, 3.63) is 35.6 Å². The summed E-state index contributed by atoms with van der Waals surface area (Å²) in [6.45, 7) is 1.76. The molecule has 1 aromatic carbocycles. The van der Waals surface area contributed by atoms with Crippen molar-refractivity contribution in [2.24, 2.45) is 5.73 Å². The first-order valence-corrected chi connectivity index (χ1v) is 4.69. The van der Waals surface area contributed by atoms with E-state index in [4.69, 9.17) is 10.2 Å². The van der Waals surface area contributed by atoms with E-state index < -0.39 is 11.6 Å². The van der Waals surface area contributed by atoms with E-state index in [1.165, 1.54) is 12.3 Å². The van der Waals surface area contributed by atoms with Gasteiger partial charge < -0.3 is 10.2 Å². The summed E-state index contributed by atoms with van der Waals surface area (Å²) in [6.07, 6.45) is 1.67. The molecule has 0 saturated heterocycles. The highest BCUT2D eigenvalue weighted by atomic mass is 19.1. The van der Waals surface area contributed by atoms with Gasteiger partial charge >= 0.3 is 0 Å². The molecule has 0 aliphatic heterocycles. The van der Waals surface area contributed by atoms with Gasteiger partial charge in [0.2, 0.25) is 0 Å². The highest BCUT2D eigenvalue weighted by Gasteiger charge is 2.15. The highest BCUT2D eigenvalue weighted by Crippen LogP contribution is 2.26. The number of fused-ring (bicyclic) bond motifs is 1. The van der Waals surface area contributed by atoms with Crippen molar-refractivity contribution in [2.75, 3.05) is 0 Å². The lowest BCUT2D eigenvalue weighted by molar-refractivity contribution is 0.554. The molecule has 0 bridgehead atoms. The third-order valence-corrected chi connectivity index (χ3v) is 2.26. The van der Waals surface area contributed by atoms with Crippen molar-refractivity contribution in [3.8, 4) is 0 Å². The first-order valence-electron chi connectivity index (χ1n) is 4.69. The SMILES string of the molecule is CC(N)Cc1c(F)cc(F)c2ccoc12. The predicted octanol–water partition coefficient (Wildman–Crippen LogP) is 2.60. The van der Waals surface area contributed by atoms with Gasteiger partial charge in [-0.2, -0.15) is 0 Å². The summed E-state index contributed by atoms with van der Waals surface area (Å²) in [4.78, 5) is 0. The van der Waals surface area contributed by atoms with Crippen LogP contribution in [0.2, 0.25) is 0 Å². The van der Waals surface area contributed by atoms with E-state index in [1.54, 1.807) is 6.92 Å². The number of hydrogen-bond acceptors (Lipinski definition) is 2. The van der Waals surface area contributed by atoms with Crippen molar-refractivity contribution in [1.82, 2.24) is 0 Å². The van der Waals surface area contributed by atoms with Crippen LogP contribution in [0.25, 0.3) is 11.0 Å². The smallest absolute Gasteiger partial charge is 0.142 e. The molecule has 0 amide bonds. The Kier molecular flexibility index (Phi) is 2.44. The van der Waals surface area contributed by atoms with Crippen LogP contribution in [0.15, 0.2) is 22.8 Å². The summed E-state index contributed by atoms with van der Waals surface area (Å²) < 4.78 is 31.8. The second kappa shape index (κ2) is 3.62. The van der Waals surface area contributed by atoms with Crippen LogP contribution in [0.4, 0.5) is 8.78 Å². The molecule has 0 fully saturated rings. The number of rotatable bonds is 2. The van der Waals surface area contributed by atoms with Crippen molar-refractivity contribution in [1.29, 1.82) is 0 Å². The zero-order valence-corrected chi connectivity index (χ0v) is 8.26. The molecule has 2 aromatic rings. The minimum Gasteiger partial charge on any atom is -0.464 e. The molecule has 1 heterocycles. The molecular weight excluding hydrogens is 200 g/mol. The van der Waals surface area contributed by atoms with Gasteiger partial charge in [-0.05, 0) is 19.4 Å². The van der Waals surface area contributed by atoms with Crippen LogP contribution in [0, 0.1) is 11.6 Å². The topological polar surface area (TPSA) is 39.2 Å². The van der Waals surface area contributed by atoms with Gasteiger partial charge in [-0.25, -0.2) is 8.78 Å². The lowest BCUT2D eigenvalue weighted by Gasteiger charge is -2.07. The van der Waals surface area contributed by atoms with Gasteiger partial charge in [-0.15, -0.1) is 0 Å². The van der Waals surface area contributed by atoms with E-state index >= 15 is 0 Å². The maximum absolute atomic E-state index is 13.5. The second-order valence-electron chi connectivity index (χ2n) is 3.66. The van der Waals surface area contributed by atoms with Crippen LogP contribution >= 0.6 is 0 Å². The molecule has 1 atom stereocenters. The van der Waals surface area contributed by atoms with Crippen LogP contribution in [0.3, 0.4) is 0 Å². The maximum Gasteiger partial charge on any atom is 0.142 e. The summed E-state index contributed by atoms with van der Waals surface area (Å²) >= 11 is 0. The van der Waals surface area contributed by atoms with Crippen LogP contribution in [0.1, 0.15) is 12.5 Å². The molecule has 2 rings (SSSR count). The first-order chi connectivity index (χ1) is 7.09. The third-order valence-electron chi connectivity index (χ3n) is 2.26. The predicted molar refractivity (Wildman–Crippen MR) is 53.5 cm³/mol. The van der Waals surface area contributed by atoms with Gasteiger partial charge in [-0.1, -0.05) is 0 Å². The van der Waals surface area contributed by atoms with E-state index in [9.17, 15) is 8.78 Å². The first kappa shape index (κ1) is 10.1. The molecular formula is C11H11F2NO. The van der Waals surface area contributed by atoms with E-state index in [2.05, 4.69) is 0 Å². The average molecular weight is 211 g/mol. The van der Waals surface area contributed by atoms with Gasteiger partial charge in [0.1, 0.15) is 17.2 Å². The standard InChI is InChI=1S/C11H11F2NO/c1-6(14)4-8-10(13)5-9(12)7-2-3-15-11(7)8/h2-3,5-6H,4,14H2,1H3. The molecule has 0 radical (unpaired) electrons. The van der Waals surface area contributed by atoms with Gasteiger partial charge in [0, 0.05) is 17.7 Å². The lowest BCUT2D eigenvalue weighted by atomic mass is 10.0. The molecule has 4 heteroatoms. The molecule has 2 nitrogen and oxygen atoms in total. The Hall–Kier alpha value is -1.42. The summed E-state index contributed by atoms with van der Waals surface area (Å²) in [5.41, 5.74) is 6.18. The molecule has 1 unspecified atom stereocenters. The van der Waals surface area contributed by atoms with E-state index in [0.29, 0.717) is 17.4 Å². The summed E-state index contributed by atoms with van der Waals surface area (Å²) in [7, 11) is 0. The number of furan rings is 1. The van der Waals surface area contributed by atoms with Crippen molar-refractivity contribution >= 4 is 11.0 Å². The quantitative estimate of drug-likeness (QED) is 0.829. The molecule has 2 N–H and O–H groups in total. The fourth-order valence-corrected chi connectivity index (χ4v) is 1.63. The van der Waals surface area contributed by atoms with Gasteiger partial charge in [0.15, 0.2) is 0 Å². The minimum atomic E-state index is -0.607. The number of benzene rings is 1. The van der Waals surface area contributed by atoms with Crippen LogP contribution in [-0.4, -0.2) is 6.04 Å². The van der Waals surface area contributed by atoms with Crippen molar-refractivity contribution in [2.45, 2.75) is 19.4 Å². The lowest BCUT2D eigenvalue weighted by Crippen LogP contribution is -2.18. The molecule has 80 valence electrons. The molecule has 15 heavy (non-hydrogen) atoms. The van der Waals surface area contributed by atoms with Crippen LogP contribution < -0.4 is 5.73 Å². The fourth-order valence-electron chi connectivity index (χ4n) is 1.63. The van der Waals surface area contributed by atoms with Crippen LogP contribution in [-0.2, 0) is 6.42 Å². The molecule has 1 aromatic heterocycles. The zero-order valence-electron chi connectivity index (χ0n) is 8.26. The fraction of sp³-hybridized carbons (Fsp3) is 0.273. The Morgan fingerprint density at radius 1 is 1.40 bits per heavy atom. The zero-order chi connectivity index (χ0) is 11.0. The van der Waals surface area contributed by atoms with Crippen LogP contribution in [0.5, 0.6) is 0 Å². The van der Waals surface area contributed by atoms with Crippen molar-refractivity contribution < 1.29 is 13.2 Å². The highest BCUT2D eigenvalue weighted by molar-refractivity contribution is 5.81. The Morgan fingerprint density at radius 3 is 2.80 bits per heavy atom. The van der Waals surface area contributed by atoms with Gasteiger partial charge in [0.05, 0.1) is 11.6 Å². The Bertz CT molecular complexity index is 491. The van der Waals surface area contributed by atoms with Gasteiger partial charge in [-0.3, -0.25) is 0 Å². The Balaban J connectivity index is 2.65. The summed E-state index contributed by atoms with van der Waals surface area (Å²) in [5.74, 6) is -1.21. The summed E-state index contributed by atoms with van der Waals surface area (Å²) in [5, 5.41) is 0.298. The number of halogens is 2. The average Bonchev–Trinajstić information content (AvgIpc) is 2.60. The largest absolute Gasteiger partial charge is 0.464 e. The number of nitrogens with two attached hydrogens (primary N) is 1. The van der Waals surface area contributed by atoms with E-state index in [1.807, 2.05) is 0 Å². The molecule has 0 aliphatic rings. The van der Waals surface area contributed by atoms with Crippen molar-refractivity contribution in [3.63, 3.8) is 0 Å². The summed E-state index contributed by atoms with van der Waals surface area (Å²) in [6, 6.07) is 2.16. The molecule has 0 aliphatic carbocycles. The Morgan fingerprint density at radius 2 is 2.13 bits per heavy atom. The van der Waals surface area contributed by atoms with Gasteiger partial charge in [0.25, 0.3) is 0 Å². The second-order valence-corrected chi connectivity index (χ2v) is 3.66. The normalized spacial score (nSPS) is 13.3. The third kappa shape index (κ3) is 1.72. The monoisotopic (exact) mass is 211 g/mol. The Labute approximate surface area is 85.7 Å². The van der Waals surface area contributed by atoms with E-state index in [-0.39, 0.29) is 11.6 Å². The maximum atomic E-state index is 13.5. The minimum absolute atomic E-state index is 0.196. The molecule has 0 saturated carbocycles. The molecule has 0 spiro atoms. The van der Waals surface area contributed by atoms with E-state index in [0.717, 1.165) is 6.07 Å².